The van der Waals surface area contributed by atoms with Crippen molar-refractivity contribution in [1.29, 1.82) is 0 Å². The highest BCUT2D eigenvalue weighted by Crippen LogP contribution is 2.44. The van der Waals surface area contributed by atoms with Gasteiger partial charge in [0.1, 0.15) is 0 Å². The van der Waals surface area contributed by atoms with Gasteiger partial charge >= 0.3 is 5.97 Å². The van der Waals surface area contributed by atoms with Crippen molar-refractivity contribution in [2.24, 2.45) is 4.99 Å². The largest absolute Gasteiger partial charge is 0.463 e. The number of allylic oxidation sites excluding steroid dienone is 1. The van der Waals surface area contributed by atoms with Gasteiger partial charge in [-0.05, 0) is 54.6 Å². The summed E-state index contributed by atoms with van der Waals surface area (Å²) in [5, 5.41) is 6.17. The summed E-state index contributed by atoms with van der Waals surface area (Å²) in [5.74, 6) is -0.546. The average molecular weight is 483 g/mol. The van der Waals surface area contributed by atoms with Crippen molar-refractivity contribution in [2.45, 2.75) is 32.9 Å². The number of thioether (sulfide) groups is 1. The van der Waals surface area contributed by atoms with E-state index in [4.69, 9.17) is 16.3 Å². The number of amidine groups is 1. The van der Waals surface area contributed by atoms with Gasteiger partial charge in [0.25, 0.3) is 0 Å². The average Bonchev–Trinajstić information content (AvgIpc) is 3.20. The highest BCUT2D eigenvalue weighted by molar-refractivity contribution is 8.16. The van der Waals surface area contributed by atoms with Crippen LogP contribution in [0.5, 0.6) is 0 Å². The van der Waals surface area contributed by atoms with Gasteiger partial charge in [-0.1, -0.05) is 35.5 Å². The fourth-order valence-electron chi connectivity index (χ4n) is 3.73. The lowest BCUT2D eigenvalue weighted by Crippen LogP contribution is -2.38. The minimum Gasteiger partial charge on any atom is -0.463 e. The van der Waals surface area contributed by atoms with Gasteiger partial charge in [0.15, 0.2) is 5.17 Å². The number of pyridine rings is 1. The zero-order valence-corrected chi connectivity index (χ0v) is 19.8. The number of esters is 1. The van der Waals surface area contributed by atoms with Crippen LogP contribution in [0.1, 0.15) is 37.4 Å². The predicted molar refractivity (Wildman–Crippen MR) is 129 cm³/mol. The third-order valence-corrected chi connectivity index (χ3v) is 6.40. The summed E-state index contributed by atoms with van der Waals surface area (Å²) in [4.78, 5) is 36.2. The maximum atomic E-state index is 12.9. The van der Waals surface area contributed by atoms with Gasteiger partial charge in [-0.2, -0.15) is 0 Å². The summed E-state index contributed by atoms with van der Waals surface area (Å²) in [7, 11) is 0. The van der Waals surface area contributed by atoms with E-state index in [-0.39, 0.29) is 18.9 Å². The molecule has 170 valence electrons. The number of nitrogens with one attached hydrogen (secondary N) is 1. The van der Waals surface area contributed by atoms with E-state index < -0.39 is 12.0 Å². The molecule has 0 spiro atoms. The molecular formula is C24H23ClN4O3S. The summed E-state index contributed by atoms with van der Waals surface area (Å²) < 4.78 is 5.35. The molecule has 1 amide bonds. The molecule has 1 unspecified atom stereocenters. The first-order valence-corrected chi connectivity index (χ1v) is 11.8. The van der Waals surface area contributed by atoms with Crippen molar-refractivity contribution in [1.82, 2.24) is 15.2 Å². The highest BCUT2D eigenvalue weighted by atomic mass is 35.5. The molecule has 1 aromatic carbocycles. The maximum Gasteiger partial charge on any atom is 0.338 e. The molecule has 2 aliphatic heterocycles. The number of hydrogen-bond donors (Lipinski definition) is 1. The summed E-state index contributed by atoms with van der Waals surface area (Å²) in [6.07, 6.45) is 3.53. The lowest BCUT2D eigenvalue weighted by molar-refractivity contribution is -0.139. The van der Waals surface area contributed by atoms with Crippen molar-refractivity contribution in [3.8, 4) is 0 Å². The molecule has 1 aromatic heterocycles. The zero-order valence-electron chi connectivity index (χ0n) is 18.2. The summed E-state index contributed by atoms with van der Waals surface area (Å²) in [5.41, 5.74) is 3.65. The minimum absolute atomic E-state index is 0.126. The number of benzene rings is 1. The van der Waals surface area contributed by atoms with Crippen LogP contribution in [0.15, 0.2) is 76.2 Å². The number of carbonyl (C=O) groups excluding carboxylic acids is 2. The van der Waals surface area contributed by atoms with E-state index in [9.17, 15) is 9.59 Å². The third-order valence-electron chi connectivity index (χ3n) is 5.26. The zero-order chi connectivity index (χ0) is 23.4. The van der Waals surface area contributed by atoms with Gasteiger partial charge in [-0.25, -0.2) is 9.79 Å². The molecule has 1 atom stereocenters. The molecule has 1 N–H and O–H groups in total. The van der Waals surface area contributed by atoms with Crippen LogP contribution in [0.3, 0.4) is 0 Å². The Labute approximate surface area is 201 Å². The van der Waals surface area contributed by atoms with Crippen molar-refractivity contribution in [2.75, 3.05) is 6.61 Å². The number of aliphatic imine (C=N–C) groups is 1. The summed E-state index contributed by atoms with van der Waals surface area (Å²) in [6.45, 7) is 4.25. The number of nitrogens with zero attached hydrogens (tertiary/aromatic N) is 3. The van der Waals surface area contributed by atoms with Gasteiger partial charge in [0.2, 0.25) is 5.91 Å². The molecule has 2 aliphatic rings. The number of hydrogen-bond acceptors (Lipinski definition) is 7. The van der Waals surface area contributed by atoms with Crippen LogP contribution in [0.4, 0.5) is 0 Å². The van der Waals surface area contributed by atoms with E-state index in [2.05, 4.69) is 15.3 Å². The number of halogens is 1. The van der Waals surface area contributed by atoms with Crippen LogP contribution in [0.2, 0.25) is 5.02 Å². The van der Waals surface area contributed by atoms with Gasteiger partial charge < -0.3 is 15.0 Å². The number of fused-ring (bicyclic) bond motifs is 1. The molecule has 0 fully saturated rings. The monoisotopic (exact) mass is 482 g/mol. The van der Waals surface area contributed by atoms with Crippen LogP contribution in [-0.4, -0.2) is 33.5 Å². The molecule has 7 nitrogen and oxygen atoms in total. The number of ether oxygens (including phenoxy) is 1. The molecule has 9 heteroatoms. The molecule has 2 aromatic rings. The van der Waals surface area contributed by atoms with E-state index in [1.165, 1.54) is 11.8 Å². The topological polar surface area (TPSA) is 83.9 Å². The highest BCUT2D eigenvalue weighted by Gasteiger charge is 2.41. The molecular weight excluding hydrogens is 460 g/mol. The van der Waals surface area contributed by atoms with Crippen LogP contribution >= 0.6 is 23.4 Å². The van der Waals surface area contributed by atoms with Crippen LogP contribution < -0.4 is 5.32 Å². The SMILES string of the molecule is CCOC(=O)C1=C(C)N=C2SC=C(CC(=O)NCc3ccncc3)N2C1c1ccc(Cl)cc1. The molecule has 0 bridgehead atoms. The summed E-state index contributed by atoms with van der Waals surface area (Å²) >= 11 is 7.55. The fraction of sp³-hybridized carbons (Fsp3) is 0.250. The summed E-state index contributed by atoms with van der Waals surface area (Å²) in [6, 6.07) is 10.6. The van der Waals surface area contributed by atoms with Crippen molar-refractivity contribution in [3.63, 3.8) is 0 Å². The standard InChI is InChI=1S/C24H23ClN4O3S/c1-3-32-23(31)21-15(2)28-24-29(22(21)17-4-6-18(25)7-5-17)19(14-33-24)12-20(30)27-13-16-8-10-26-11-9-16/h4-11,14,22H,3,12-13H2,1-2H3,(H,27,30). The molecule has 4 rings (SSSR count). The first kappa shape index (κ1) is 23.1. The van der Waals surface area contributed by atoms with Gasteiger partial charge in [0, 0.05) is 29.7 Å². The van der Waals surface area contributed by atoms with Crippen molar-refractivity contribution >= 4 is 40.4 Å². The maximum absolute atomic E-state index is 12.9. The van der Waals surface area contributed by atoms with E-state index in [0.717, 1.165) is 22.0 Å². The Kier molecular flexibility index (Phi) is 7.15. The second kappa shape index (κ2) is 10.2. The van der Waals surface area contributed by atoms with Gasteiger partial charge in [-0.15, -0.1) is 0 Å². The minimum atomic E-state index is -0.469. The van der Waals surface area contributed by atoms with E-state index in [1.54, 1.807) is 38.4 Å². The molecule has 3 heterocycles. The van der Waals surface area contributed by atoms with E-state index >= 15 is 0 Å². The molecule has 0 aliphatic carbocycles. The van der Waals surface area contributed by atoms with E-state index in [0.29, 0.717) is 22.8 Å². The molecule has 33 heavy (non-hydrogen) atoms. The predicted octanol–water partition coefficient (Wildman–Crippen LogP) is 4.58. The Hall–Kier alpha value is -3.10. The first-order valence-electron chi connectivity index (χ1n) is 10.5. The van der Waals surface area contributed by atoms with Gasteiger partial charge in [0.05, 0.1) is 30.3 Å². The second-order valence-corrected chi connectivity index (χ2v) is 8.75. The van der Waals surface area contributed by atoms with Crippen LogP contribution in [0, 0.1) is 0 Å². The van der Waals surface area contributed by atoms with Crippen molar-refractivity contribution in [3.05, 3.63) is 87.3 Å². The van der Waals surface area contributed by atoms with Crippen molar-refractivity contribution < 1.29 is 14.3 Å². The fourth-order valence-corrected chi connectivity index (χ4v) is 4.82. The Balaban J connectivity index is 1.60. The van der Waals surface area contributed by atoms with Gasteiger partial charge in [-0.3, -0.25) is 9.78 Å². The Morgan fingerprint density at radius 3 is 2.61 bits per heavy atom. The van der Waals surface area contributed by atoms with E-state index in [1.807, 2.05) is 34.6 Å². The van der Waals surface area contributed by atoms with Crippen LogP contribution in [0.25, 0.3) is 0 Å². The second-order valence-electron chi connectivity index (χ2n) is 7.47. The Bertz CT molecular complexity index is 1150. The lowest BCUT2D eigenvalue weighted by atomic mass is 9.94. The number of amides is 1. The third kappa shape index (κ3) is 5.12. The first-order chi connectivity index (χ1) is 16.0. The quantitative estimate of drug-likeness (QED) is 0.581. The Morgan fingerprint density at radius 1 is 1.18 bits per heavy atom. The molecule has 0 saturated carbocycles. The smallest absolute Gasteiger partial charge is 0.338 e. The Morgan fingerprint density at radius 2 is 1.91 bits per heavy atom. The molecule has 0 radical (unpaired) electrons. The number of aromatic nitrogens is 1. The van der Waals surface area contributed by atoms with Crippen LogP contribution in [-0.2, 0) is 20.9 Å². The number of carbonyl (C=O) groups is 2. The molecule has 0 saturated heterocycles. The lowest BCUT2D eigenvalue weighted by Gasteiger charge is -2.36. The number of rotatable bonds is 7. The normalized spacial score (nSPS) is 17.3.